The zero-order chi connectivity index (χ0) is 13.9. The molecule has 0 radical (unpaired) electrons. The van der Waals surface area contributed by atoms with Crippen molar-refractivity contribution in [2.24, 2.45) is 4.99 Å². The van der Waals surface area contributed by atoms with Gasteiger partial charge in [-0.05, 0) is 44.4 Å². The lowest BCUT2D eigenvalue weighted by Gasteiger charge is -2.10. The van der Waals surface area contributed by atoms with E-state index in [0.29, 0.717) is 6.04 Å². The first kappa shape index (κ1) is 13.2. The number of hydrogen-bond donors (Lipinski definition) is 0. The fourth-order valence-electron chi connectivity index (χ4n) is 3.03. The van der Waals surface area contributed by atoms with Crippen molar-refractivity contribution in [1.82, 2.24) is 4.57 Å². The standard InChI is InChI=1S/C18H22N2/c1-14-7-8-18(15(2)11-14)19-12-16-9-10-20(13-16)17-5-3-4-6-17/h7-13,17H,3-6H2,1-2H3. The largest absolute Gasteiger partial charge is 0.351 e. The number of aromatic nitrogens is 1. The van der Waals surface area contributed by atoms with E-state index in [1.165, 1.54) is 42.4 Å². The van der Waals surface area contributed by atoms with E-state index in [0.717, 1.165) is 5.69 Å². The Balaban J connectivity index is 1.75. The van der Waals surface area contributed by atoms with E-state index >= 15 is 0 Å². The Bertz CT molecular complexity index is 616. The molecule has 0 N–H and O–H groups in total. The molecular formula is C18H22N2. The van der Waals surface area contributed by atoms with Gasteiger partial charge < -0.3 is 4.57 Å². The normalized spacial score (nSPS) is 16.3. The highest BCUT2D eigenvalue weighted by molar-refractivity contribution is 5.82. The maximum atomic E-state index is 4.62. The Morgan fingerprint density at radius 1 is 1.15 bits per heavy atom. The van der Waals surface area contributed by atoms with Crippen LogP contribution < -0.4 is 0 Å². The molecule has 1 aliphatic carbocycles. The molecule has 1 saturated carbocycles. The summed E-state index contributed by atoms with van der Waals surface area (Å²) in [6.45, 7) is 4.23. The van der Waals surface area contributed by atoms with E-state index in [9.17, 15) is 0 Å². The van der Waals surface area contributed by atoms with Gasteiger partial charge in [0.2, 0.25) is 0 Å². The molecule has 0 aliphatic heterocycles. The van der Waals surface area contributed by atoms with E-state index in [1.54, 1.807) is 0 Å². The Hall–Kier alpha value is -1.83. The lowest BCUT2D eigenvalue weighted by molar-refractivity contribution is 0.521. The highest BCUT2D eigenvalue weighted by Gasteiger charge is 2.15. The SMILES string of the molecule is Cc1ccc(N=Cc2ccn(C3CCCC3)c2)c(C)c1. The molecular weight excluding hydrogens is 244 g/mol. The molecule has 2 aromatic rings. The molecule has 0 atom stereocenters. The summed E-state index contributed by atoms with van der Waals surface area (Å²) in [4.78, 5) is 4.62. The van der Waals surface area contributed by atoms with Crippen molar-refractivity contribution >= 4 is 11.9 Å². The van der Waals surface area contributed by atoms with Crippen molar-refractivity contribution in [1.29, 1.82) is 0 Å². The predicted molar refractivity (Wildman–Crippen MR) is 85.1 cm³/mol. The summed E-state index contributed by atoms with van der Waals surface area (Å²) in [6.07, 6.45) is 11.8. The van der Waals surface area contributed by atoms with Crippen molar-refractivity contribution in [3.8, 4) is 0 Å². The molecule has 0 bridgehead atoms. The van der Waals surface area contributed by atoms with Crippen LogP contribution in [0.4, 0.5) is 5.69 Å². The fourth-order valence-corrected chi connectivity index (χ4v) is 3.03. The third-order valence-corrected chi connectivity index (χ3v) is 4.19. The van der Waals surface area contributed by atoms with Crippen LogP contribution in [0.15, 0.2) is 41.7 Å². The lowest BCUT2D eigenvalue weighted by atomic mass is 10.1. The predicted octanol–water partition coefficient (Wildman–Crippen LogP) is 4.97. The zero-order valence-corrected chi connectivity index (χ0v) is 12.3. The van der Waals surface area contributed by atoms with Gasteiger partial charge in [0.05, 0.1) is 5.69 Å². The number of benzene rings is 1. The monoisotopic (exact) mass is 266 g/mol. The molecule has 3 rings (SSSR count). The van der Waals surface area contributed by atoms with E-state index < -0.39 is 0 Å². The summed E-state index contributed by atoms with van der Waals surface area (Å²) in [5, 5.41) is 0. The Labute approximate surface area is 121 Å². The van der Waals surface area contributed by atoms with Gasteiger partial charge in [0, 0.05) is 30.2 Å². The highest BCUT2D eigenvalue weighted by atomic mass is 15.0. The minimum absolute atomic E-state index is 0.707. The molecule has 1 aromatic carbocycles. The Morgan fingerprint density at radius 3 is 2.70 bits per heavy atom. The third kappa shape index (κ3) is 2.84. The number of rotatable bonds is 3. The van der Waals surface area contributed by atoms with Crippen molar-refractivity contribution in [2.75, 3.05) is 0 Å². The minimum Gasteiger partial charge on any atom is -0.351 e. The molecule has 1 heterocycles. The summed E-state index contributed by atoms with van der Waals surface area (Å²) in [5.41, 5.74) is 4.77. The van der Waals surface area contributed by atoms with Crippen LogP contribution in [-0.2, 0) is 0 Å². The van der Waals surface area contributed by atoms with Crippen LogP contribution >= 0.6 is 0 Å². The number of nitrogens with zero attached hydrogens (tertiary/aromatic N) is 2. The molecule has 1 aromatic heterocycles. The number of aryl methyl sites for hydroxylation is 2. The Kier molecular flexibility index (Phi) is 3.72. The van der Waals surface area contributed by atoms with Crippen LogP contribution in [0.25, 0.3) is 0 Å². The number of aliphatic imine (C=N–C) groups is 1. The average molecular weight is 266 g/mol. The van der Waals surface area contributed by atoms with Gasteiger partial charge in [-0.1, -0.05) is 30.5 Å². The van der Waals surface area contributed by atoms with Crippen LogP contribution in [0.1, 0.15) is 48.4 Å². The third-order valence-electron chi connectivity index (χ3n) is 4.19. The summed E-state index contributed by atoms with van der Waals surface area (Å²) in [7, 11) is 0. The quantitative estimate of drug-likeness (QED) is 0.698. The molecule has 1 fully saturated rings. The van der Waals surface area contributed by atoms with Gasteiger partial charge in [-0.2, -0.15) is 0 Å². The maximum Gasteiger partial charge on any atom is 0.0659 e. The molecule has 0 saturated heterocycles. The lowest BCUT2D eigenvalue weighted by Crippen LogP contribution is -2.00. The first-order chi connectivity index (χ1) is 9.72. The van der Waals surface area contributed by atoms with Crippen LogP contribution in [0, 0.1) is 13.8 Å². The highest BCUT2D eigenvalue weighted by Crippen LogP contribution is 2.29. The van der Waals surface area contributed by atoms with Gasteiger partial charge in [-0.3, -0.25) is 4.99 Å². The summed E-state index contributed by atoms with van der Waals surface area (Å²) in [6, 6.07) is 9.25. The molecule has 2 nitrogen and oxygen atoms in total. The second-order valence-corrected chi connectivity index (χ2v) is 5.88. The van der Waals surface area contributed by atoms with E-state index in [2.05, 4.69) is 60.1 Å². The maximum absolute atomic E-state index is 4.62. The van der Waals surface area contributed by atoms with Crippen LogP contribution in [0.5, 0.6) is 0 Å². The second-order valence-electron chi connectivity index (χ2n) is 5.88. The first-order valence-electron chi connectivity index (χ1n) is 7.51. The summed E-state index contributed by atoms with van der Waals surface area (Å²) >= 11 is 0. The molecule has 20 heavy (non-hydrogen) atoms. The molecule has 1 aliphatic rings. The van der Waals surface area contributed by atoms with Gasteiger partial charge >= 0.3 is 0 Å². The molecule has 0 amide bonds. The van der Waals surface area contributed by atoms with Gasteiger partial charge in [0.15, 0.2) is 0 Å². The zero-order valence-electron chi connectivity index (χ0n) is 12.3. The minimum atomic E-state index is 0.707. The molecule has 2 heteroatoms. The second kappa shape index (κ2) is 5.66. The van der Waals surface area contributed by atoms with E-state index in [-0.39, 0.29) is 0 Å². The van der Waals surface area contributed by atoms with Crippen molar-refractivity contribution in [2.45, 2.75) is 45.6 Å². The van der Waals surface area contributed by atoms with E-state index in [4.69, 9.17) is 0 Å². The Morgan fingerprint density at radius 2 is 1.95 bits per heavy atom. The van der Waals surface area contributed by atoms with Gasteiger partial charge in [0.25, 0.3) is 0 Å². The van der Waals surface area contributed by atoms with Gasteiger partial charge in [-0.15, -0.1) is 0 Å². The number of hydrogen-bond acceptors (Lipinski definition) is 1. The van der Waals surface area contributed by atoms with Crippen molar-refractivity contribution < 1.29 is 0 Å². The average Bonchev–Trinajstić information content (AvgIpc) is 3.08. The van der Waals surface area contributed by atoms with Crippen LogP contribution in [-0.4, -0.2) is 10.8 Å². The molecule has 104 valence electrons. The summed E-state index contributed by atoms with van der Waals surface area (Å²) in [5.74, 6) is 0. The first-order valence-corrected chi connectivity index (χ1v) is 7.51. The fraction of sp³-hybridized carbons (Fsp3) is 0.389. The van der Waals surface area contributed by atoms with Crippen LogP contribution in [0.2, 0.25) is 0 Å². The van der Waals surface area contributed by atoms with Gasteiger partial charge in [0.1, 0.15) is 0 Å². The molecule has 0 unspecified atom stereocenters. The van der Waals surface area contributed by atoms with Crippen molar-refractivity contribution in [3.05, 3.63) is 53.3 Å². The molecule has 0 spiro atoms. The van der Waals surface area contributed by atoms with Crippen LogP contribution in [0.3, 0.4) is 0 Å². The van der Waals surface area contributed by atoms with Gasteiger partial charge in [-0.25, -0.2) is 0 Å². The topological polar surface area (TPSA) is 17.3 Å². The smallest absolute Gasteiger partial charge is 0.0659 e. The summed E-state index contributed by atoms with van der Waals surface area (Å²) < 4.78 is 2.36. The van der Waals surface area contributed by atoms with Crippen molar-refractivity contribution in [3.63, 3.8) is 0 Å². The van der Waals surface area contributed by atoms with E-state index in [1.807, 2.05) is 6.21 Å².